The van der Waals surface area contributed by atoms with E-state index in [1.54, 1.807) is 47.7 Å². The molecule has 0 bridgehead atoms. The first-order valence-electron chi connectivity index (χ1n) is 11.8. The summed E-state index contributed by atoms with van der Waals surface area (Å²) < 4.78 is 42.4. The highest BCUT2D eigenvalue weighted by Crippen LogP contribution is 2.31. The Morgan fingerprint density at radius 2 is 1.55 bits per heavy atom. The normalized spacial score (nSPS) is 11.4. The highest BCUT2D eigenvalue weighted by Gasteiger charge is 2.27. The minimum absolute atomic E-state index is 0.109. The summed E-state index contributed by atoms with van der Waals surface area (Å²) in [5.74, 6) is -1.06. The molecule has 0 spiro atoms. The summed E-state index contributed by atoms with van der Waals surface area (Å²) in [6, 6.07) is 24.7. The number of aromatic nitrogens is 1. The van der Waals surface area contributed by atoms with Crippen molar-refractivity contribution >= 4 is 48.9 Å². The van der Waals surface area contributed by atoms with Crippen molar-refractivity contribution in [2.45, 2.75) is 18.7 Å². The van der Waals surface area contributed by atoms with Crippen LogP contribution in [0, 0.1) is 19.7 Å². The van der Waals surface area contributed by atoms with Crippen LogP contribution in [-0.4, -0.2) is 25.9 Å². The van der Waals surface area contributed by atoms with E-state index in [1.807, 2.05) is 38.1 Å². The summed E-state index contributed by atoms with van der Waals surface area (Å²) in [5, 5.41) is 3.65. The minimum Gasteiger partial charge on any atom is -0.325 e. The lowest BCUT2D eigenvalue weighted by molar-refractivity contribution is -0.114. The number of halogens is 1. The van der Waals surface area contributed by atoms with E-state index in [9.17, 15) is 17.6 Å². The second-order valence-corrected chi connectivity index (χ2v) is 11.8. The van der Waals surface area contributed by atoms with E-state index in [4.69, 9.17) is 0 Å². The highest BCUT2D eigenvalue weighted by molar-refractivity contribution is 7.92. The standard InChI is InChI=1S/C29H24FN3O3S2/c1-19-3-12-24(13-4-19)33(38(35,36)25-14-8-22(30)9-15-25)18-28(34)31-23-10-6-21(7-11-23)29-32-26-16-5-20(2)17-27(26)37-29/h3-17H,18H2,1-2H3,(H,31,34). The number of carbonyl (C=O) groups excluding carboxylic acids is 1. The average molecular weight is 546 g/mol. The van der Waals surface area contributed by atoms with Gasteiger partial charge in [0.05, 0.1) is 20.8 Å². The van der Waals surface area contributed by atoms with E-state index >= 15 is 0 Å². The van der Waals surface area contributed by atoms with Crippen LogP contribution in [0.5, 0.6) is 0 Å². The first-order valence-corrected chi connectivity index (χ1v) is 14.1. The van der Waals surface area contributed by atoms with Crippen LogP contribution in [0.3, 0.4) is 0 Å². The Kier molecular flexibility index (Phi) is 6.96. The van der Waals surface area contributed by atoms with Crippen molar-refractivity contribution in [3.05, 3.63) is 108 Å². The van der Waals surface area contributed by atoms with Crippen molar-refractivity contribution in [2.75, 3.05) is 16.2 Å². The zero-order chi connectivity index (χ0) is 26.9. The van der Waals surface area contributed by atoms with Gasteiger partial charge in [0.1, 0.15) is 17.4 Å². The molecule has 0 aliphatic rings. The van der Waals surface area contributed by atoms with Gasteiger partial charge in [0.15, 0.2) is 0 Å². The molecule has 0 fully saturated rings. The predicted molar refractivity (Wildman–Crippen MR) is 151 cm³/mol. The van der Waals surface area contributed by atoms with Crippen molar-refractivity contribution in [3.8, 4) is 10.6 Å². The molecular weight excluding hydrogens is 521 g/mol. The number of aryl methyl sites for hydroxylation is 2. The molecule has 6 nitrogen and oxygen atoms in total. The fourth-order valence-electron chi connectivity index (χ4n) is 3.94. The quantitative estimate of drug-likeness (QED) is 0.251. The van der Waals surface area contributed by atoms with Crippen LogP contribution in [0.15, 0.2) is 95.9 Å². The molecule has 0 saturated heterocycles. The molecule has 192 valence electrons. The van der Waals surface area contributed by atoms with E-state index in [0.29, 0.717) is 11.4 Å². The van der Waals surface area contributed by atoms with Gasteiger partial charge in [0.2, 0.25) is 5.91 Å². The zero-order valence-corrected chi connectivity index (χ0v) is 22.3. The number of thiazole rings is 1. The zero-order valence-electron chi connectivity index (χ0n) is 20.7. The van der Waals surface area contributed by atoms with Gasteiger partial charge in [-0.2, -0.15) is 0 Å². The first kappa shape index (κ1) is 25.6. The Hall–Kier alpha value is -4.08. The van der Waals surface area contributed by atoms with Crippen LogP contribution < -0.4 is 9.62 Å². The van der Waals surface area contributed by atoms with Crippen LogP contribution in [0.2, 0.25) is 0 Å². The highest BCUT2D eigenvalue weighted by atomic mass is 32.2. The van der Waals surface area contributed by atoms with Crippen molar-refractivity contribution in [1.29, 1.82) is 0 Å². The van der Waals surface area contributed by atoms with E-state index in [0.717, 1.165) is 42.8 Å². The van der Waals surface area contributed by atoms with Crippen LogP contribution in [-0.2, 0) is 14.8 Å². The molecule has 38 heavy (non-hydrogen) atoms. The molecule has 0 atom stereocenters. The fraction of sp³-hybridized carbons (Fsp3) is 0.103. The number of hydrogen-bond donors (Lipinski definition) is 1. The minimum atomic E-state index is -4.13. The largest absolute Gasteiger partial charge is 0.325 e. The number of nitrogens with zero attached hydrogens (tertiary/aromatic N) is 2. The van der Waals surface area contributed by atoms with Crippen molar-refractivity contribution in [2.24, 2.45) is 0 Å². The van der Waals surface area contributed by atoms with Gasteiger partial charge in [-0.05, 0) is 92.2 Å². The van der Waals surface area contributed by atoms with Gasteiger partial charge in [-0.1, -0.05) is 23.8 Å². The number of sulfonamides is 1. The Morgan fingerprint density at radius 3 is 2.24 bits per heavy atom. The van der Waals surface area contributed by atoms with E-state index in [-0.39, 0.29) is 4.90 Å². The predicted octanol–water partition coefficient (Wildman–Crippen LogP) is 6.55. The lowest BCUT2D eigenvalue weighted by atomic mass is 10.2. The molecule has 0 unspecified atom stereocenters. The third kappa shape index (κ3) is 5.44. The van der Waals surface area contributed by atoms with Crippen molar-refractivity contribution < 1.29 is 17.6 Å². The molecule has 1 N–H and O–H groups in total. The van der Waals surface area contributed by atoms with E-state index in [1.165, 1.54) is 17.7 Å². The molecule has 9 heteroatoms. The van der Waals surface area contributed by atoms with Crippen LogP contribution in [0.1, 0.15) is 11.1 Å². The summed E-state index contributed by atoms with van der Waals surface area (Å²) in [5.41, 5.74) is 4.83. The Bertz CT molecular complexity index is 1710. The molecule has 1 amide bonds. The lowest BCUT2D eigenvalue weighted by Crippen LogP contribution is -2.38. The molecule has 0 aliphatic carbocycles. The maximum atomic E-state index is 13.4. The SMILES string of the molecule is Cc1ccc(N(CC(=O)Nc2ccc(-c3nc4ccc(C)cc4s3)cc2)S(=O)(=O)c2ccc(F)cc2)cc1. The van der Waals surface area contributed by atoms with Crippen molar-refractivity contribution in [3.63, 3.8) is 0 Å². The first-order chi connectivity index (χ1) is 18.2. The third-order valence-electron chi connectivity index (χ3n) is 5.97. The number of amides is 1. The Balaban J connectivity index is 1.36. The number of benzene rings is 4. The van der Waals surface area contributed by atoms with Gasteiger partial charge in [-0.3, -0.25) is 9.10 Å². The molecule has 4 aromatic carbocycles. The lowest BCUT2D eigenvalue weighted by Gasteiger charge is -2.24. The molecule has 1 aromatic heterocycles. The molecule has 5 rings (SSSR count). The number of fused-ring (bicyclic) bond motifs is 1. The third-order valence-corrected chi connectivity index (χ3v) is 8.83. The monoisotopic (exact) mass is 545 g/mol. The van der Waals surface area contributed by atoms with Gasteiger partial charge < -0.3 is 5.32 Å². The number of hydrogen-bond acceptors (Lipinski definition) is 5. The van der Waals surface area contributed by atoms with E-state index in [2.05, 4.69) is 16.4 Å². The smallest absolute Gasteiger partial charge is 0.264 e. The number of carbonyl (C=O) groups is 1. The summed E-state index contributed by atoms with van der Waals surface area (Å²) >= 11 is 1.60. The molecular formula is C29H24FN3O3S2. The van der Waals surface area contributed by atoms with Gasteiger partial charge in [0, 0.05) is 11.3 Å². The Labute approximate surface area is 224 Å². The molecule has 5 aromatic rings. The molecule has 1 heterocycles. The summed E-state index contributed by atoms with van der Waals surface area (Å²) in [7, 11) is -4.13. The fourth-order valence-corrected chi connectivity index (χ4v) is 6.43. The number of nitrogens with one attached hydrogen (secondary N) is 1. The summed E-state index contributed by atoms with van der Waals surface area (Å²) in [6.45, 7) is 3.47. The number of anilines is 2. The van der Waals surface area contributed by atoms with Crippen molar-refractivity contribution in [1.82, 2.24) is 4.98 Å². The van der Waals surface area contributed by atoms with Gasteiger partial charge in [-0.25, -0.2) is 17.8 Å². The summed E-state index contributed by atoms with van der Waals surface area (Å²) in [4.78, 5) is 17.6. The number of rotatable bonds is 7. The second kappa shape index (κ2) is 10.4. The van der Waals surface area contributed by atoms with E-state index < -0.39 is 28.3 Å². The summed E-state index contributed by atoms with van der Waals surface area (Å²) in [6.07, 6.45) is 0. The van der Waals surface area contributed by atoms with Crippen LogP contribution in [0.4, 0.5) is 15.8 Å². The van der Waals surface area contributed by atoms with Crippen LogP contribution in [0.25, 0.3) is 20.8 Å². The van der Waals surface area contributed by atoms with Gasteiger partial charge in [0.25, 0.3) is 10.0 Å². The van der Waals surface area contributed by atoms with Crippen LogP contribution >= 0.6 is 11.3 Å². The topological polar surface area (TPSA) is 79.4 Å². The van der Waals surface area contributed by atoms with Gasteiger partial charge >= 0.3 is 0 Å². The molecule has 0 aliphatic heterocycles. The molecule has 0 saturated carbocycles. The van der Waals surface area contributed by atoms with Gasteiger partial charge in [-0.15, -0.1) is 11.3 Å². The Morgan fingerprint density at radius 1 is 0.895 bits per heavy atom. The second-order valence-electron chi connectivity index (χ2n) is 8.92. The molecule has 0 radical (unpaired) electrons. The average Bonchev–Trinajstić information content (AvgIpc) is 3.32. The maximum Gasteiger partial charge on any atom is 0.264 e. The maximum absolute atomic E-state index is 13.4.